The number of carbonyl (C=O) groups is 1. The van der Waals surface area contributed by atoms with E-state index >= 15 is 0 Å². The van der Waals surface area contributed by atoms with E-state index in [1.54, 1.807) is 6.92 Å². The van der Waals surface area contributed by atoms with E-state index in [1.165, 1.54) is 18.2 Å². The van der Waals surface area contributed by atoms with Gasteiger partial charge in [0.05, 0.1) is 11.6 Å². The van der Waals surface area contributed by atoms with Crippen molar-refractivity contribution in [3.63, 3.8) is 0 Å². The molecule has 0 saturated carbocycles. The third-order valence-corrected chi connectivity index (χ3v) is 6.40. The van der Waals surface area contributed by atoms with E-state index in [-0.39, 0.29) is 33.9 Å². The number of likely N-dealkylation sites (N-methyl/N-ethyl adjacent to an activating group) is 1. The van der Waals surface area contributed by atoms with Gasteiger partial charge >= 0.3 is 0 Å². The second-order valence-electron chi connectivity index (χ2n) is 5.59. The molecule has 1 amide bonds. The summed E-state index contributed by atoms with van der Waals surface area (Å²) >= 11 is 11.9. The summed E-state index contributed by atoms with van der Waals surface area (Å²) in [6.45, 7) is 1.94. The van der Waals surface area contributed by atoms with E-state index in [2.05, 4.69) is 5.32 Å². The van der Waals surface area contributed by atoms with E-state index in [0.717, 1.165) is 9.87 Å². The van der Waals surface area contributed by atoms with Crippen LogP contribution in [-0.2, 0) is 21.2 Å². The molecule has 0 fully saturated rings. The van der Waals surface area contributed by atoms with Crippen LogP contribution in [-0.4, -0.2) is 38.3 Å². The smallest absolute Gasteiger partial charge is 0.245 e. The maximum absolute atomic E-state index is 12.8. The predicted molar refractivity (Wildman–Crippen MR) is 104 cm³/mol. The molecule has 0 bridgehead atoms. The molecule has 0 spiro atoms. The van der Waals surface area contributed by atoms with E-state index in [1.807, 2.05) is 30.3 Å². The molecule has 8 heteroatoms. The van der Waals surface area contributed by atoms with Crippen LogP contribution in [0.3, 0.4) is 0 Å². The first-order valence-corrected chi connectivity index (χ1v) is 10.3. The highest BCUT2D eigenvalue weighted by Gasteiger charge is 2.27. The zero-order valence-electron chi connectivity index (χ0n) is 14.3. The normalized spacial score (nSPS) is 11.5. The van der Waals surface area contributed by atoms with Crippen LogP contribution in [0.5, 0.6) is 0 Å². The zero-order chi connectivity index (χ0) is 19.2. The lowest BCUT2D eigenvalue weighted by Crippen LogP contribution is -2.41. The van der Waals surface area contributed by atoms with Gasteiger partial charge in [0, 0.05) is 18.1 Å². The molecule has 0 radical (unpaired) electrons. The summed E-state index contributed by atoms with van der Waals surface area (Å²) in [5.74, 6) is -0.371. The predicted octanol–water partition coefficient (Wildman–Crippen LogP) is 3.36. The van der Waals surface area contributed by atoms with Gasteiger partial charge in [-0.3, -0.25) is 4.79 Å². The first-order chi connectivity index (χ1) is 12.3. The van der Waals surface area contributed by atoms with Crippen molar-refractivity contribution in [2.75, 3.05) is 19.6 Å². The summed E-state index contributed by atoms with van der Waals surface area (Å²) in [6, 6.07) is 13.9. The van der Waals surface area contributed by atoms with Crippen molar-refractivity contribution in [2.45, 2.75) is 18.2 Å². The van der Waals surface area contributed by atoms with Crippen molar-refractivity contribution in [1.29, 1.82) is 0 Å². The fourth-order valence-electron chi connectivity index (χ4n) is 2.39. The third kappa shape index (κ3) is 5.45. The number of nitrogens with zero attached hydrogens (tertiary/aromatic N) is 1. The number of carbonyl (C=O) groups excluding carboxylic acids is 1. The van der Waals surface area contributed by atoms with Crippen LogP contribution in [0, 0.1) is 0 Å². The second-order valence-corrected chi connectivity index (χ2v) is 8.34. The van der Waals surface area contributed by atoms with E-state index in [0.29, 0.717) is 13.0 Å². The van der Waals surface area contributed by atoms with Gasteiger partial charge in [0.1, 0.15) is 4.90 Å². The van der Waals surface area contributed by atoms with E-state index in [4.69, 9.17) is 23.2 Å². The molecule has 0 aliphatic heterocycles. The molecule has 5 nitrogen and oxygen atoms in total. The average molecular weight is 415 g/mol. The highest BCUT2D eigenvalue weighted by Crippen LogP contribution is 2.27. The molecule has 1 N–H and O–H groups in total. The summed E-state index contributed by atoms with van der Waals surface area (Å²) in [6.07, 6.45) is 0.672. The van der Waals surface area contributed by atoms with Crippen molar-refractivity contribution >= 4 is 39.1 Å². The number of rotatable bonds is 8. The molecule has 2 aromatic carbocycles. The average Bonchev–Trinajstić information content (AvgIpc) is 2.62. The molecule has 2 aromatic rings. The SMILES string of the molecule is CCN(CC(=O)NCCc1ccccc1)S(=O)(=O)c1cc(Cl)ccc1Cl. The Bertz CT molecular complexity index is 858. The highest BCUT2D eigenvalue weighted by molar-refractivity contribution is 7.89. The minimum absolute atomic E-state index is 0.0670. The van der Waals surface area contributed by atoms with E-state index < -0.39 is 10.0 Å². The van der Waals surface area contributed by atoms with Gasteiger partial charge in [-0.05, 0) is 30.2 Å². The highest BCUT2D eigenvalue weighted by atomic mass is 35.5. The van der Waals surface area contributed by atoms with Gasteiger partial charge < -0.3 is 5.32 Å². The number of benzene rings is 2. The number of hydrogen-bond acceptors (Lipinski definition) is 3. The lowest BCUT2D eigenvalue weighted by atomic mass is 10.1. The Morgan fingerprint density at radius 3 is 2.46 bits per heavy atom. The molecule has 0 aliphatic carbocycles. The molecule has 0 unspecified atom stereocenters. The van der Waals surface area contributed by atoms with Crippen LogP contribution in [0.4, 0.5) is 0 Å². The summed E-state index contributed by atoms with van der Waals surface area (Å²) in [4.78, 5) is 12.1. The van der Waals surface area contributed by atoms with Gasteiger partial charge in [-0.25, -0.2) is 8.42 Å². The van der Waals surface area contributed by atoms with Crippen LogP contribution in [0.2, 0.25) is 10.0 Å². The van der Waals surface area contributed by atoms with Gasteiger partial charge in [0.2, 0.25) is 15.9 Å². The summed E-state index contributed by atoms with van der Waals surface area (Å²) < 4.78 is 26.6. The molecule has 26 heavy (non-hydrogen) atoms. The van der Waals surface area contributed by atoms with Gasteiger partial charge in [0.15, 0.2) is 0 Å². The van der Waals surface area contributed by atoms with Gasteiger partial charge in [-0.15, -0.1) is 0 Å². The monoisotopic (exact) mass is 414 g/mol. The number of amides is 1. The number of nitrogens with one attached hydrogen (secondary N) is 1. The minimum atomic E-state index is -3.92. The van der Waals surface area contributed by atoms with Crippen LogP contribution in [0.15, 0.2) is 53.4 Å². The largest absolute Gasteiger partial charge is 0.355 e. The van der Waals surface area contributed by atoms with Gasteiger partial charge in [0.25, 0.3) is 0 Å². The Hall–Kier alpha value is -1.60. The Balaban J connectivity index is 2.01. The second kappa shape index (κ2) is 9.37. The quantitative estimate of drug-likeness (QED) is 0.719. The van der Waals surface area contributed by atoms with Crippen LogP contribution >= 0.6 is 23.2 Å². The lowest BCUT2D eigenvalue weighted by Gasteiger charge is -2.20. The van der Waals surface area contributed by atoms with Crippen molar-refractivity contribution in [1.82, 2.24) is 9.62 Å². The summed E-state index contributed by atoms with van der Waals surface area (Å²) in [7, 11) is -3.92. The molecule has 0 saturated heterocycles. The van der Waals surface area contributed by atoms with Gasteiger partial charge in [-0.2, -0.15) is 4.31 Å². The van der Waals surface area contributed by atoms with Crippen molar-refractivity contribution in [3.8, 4) is 0 Å². The van der Waals surface area contributed by atoms with Crippen molar-refractivity contribution < 1.29 is 13.2 Å². The summed E-state index contributed by atoms with van der Waals surface area (Å²) in [5.41, 5.74) is 1.10. The molecule has 0 aromatic heterocycles. The molecule has 0 atom stereocenters. The molecular weight excluding hydrogens is 395 g/mol. The molecule has 0 heterocycles. The van der Waals surface area contributed by atoms with Crippen LogP contribution in [0.25, 0.3) is 0 Å². The first kappa shape index (κ1) is 20.7. The Labute approximate surface area is 164 Å². The van der Waals surface area contributed by atoms with Crippen LogP contribution in [0.1, 0.15) is 12.5 Å². The van der Waals surface area contributed by atoms with Gasteiger partial charge in [-0.1, -0.05) is 60.5 Å². The van der Waals surface area contributed by atoms with Crippen molar-refractivity contribution in [3.05, 3.63) is 64.1 Å². The Morgan fingerprint density at radius 1 is 1.12 bits per heavy atom. The topological polar surface area (TPSA) is 66.5 Å². The Morgan fingerprint density at radius 2 is 1.81 bits per heavy atom. The molecule has 0 aliphatic rings. The number of halogens is 2. The lowest BCUT2D eigenvalue weighted by molar-refractivity contribution is -0.121. The maximum Gasteiger partial charge on any atom is 0.245 e. The first-order valence-electron chi connectivity index (χ1n) is 8.10. The number of sulfonamides is 1. The molecular formula is C18H20Cl2N2O3S. The zero-order valence-corrected chi connectivity index (χ0v) is 16.6. The number of hydrogen-bond donors (Lipinski definition) is 1. The maximum atomic E-state index is 12.8. The standard InChI is InChI=1S/C18H20Cl2N2O3S/c1-2-22(26(24,25)17-12-15(19)8-9-16(17)20)13-18(23)21-11-10-14-6-4-3-5-7-14/h3-9,12H,2,10-11,13H2,1H3,(H,21,23). The van der Waals surface area contributed by atoms with Crippen LogP contribution < -0.4 is 5.32 Å². The minimum Gasteiger partial charge on any atom is -0.355 e. The third-order valence-electron chi connectivity index (χ3n) is 3.76. The fourth-order valence-corrected chi connectivity index (χ4v) is 4.53. The molecule has 2 rings (SSSR count). The van der Waals surface area contributed by atoms with Crippen molar-refractivity contribution in [2.24, 2.45) is 0 Å². The summed E-state index contributed by atoms with van der Waals surface area (Å²) in [5, 5.41) is 3.07. The molecule has 140 valence electrons. The fraction of sp³-hybridized carbons (Fsp3) is 0.278. The van der Waals surface area contributed by atoms with E-state index in [9.17, 15) is 13.2 Å². The Kier molecular flexibility index (Phi) is 7.46.